The third-order valence-electron chi connectivity index (χ3n) is 6.13. The number of hydrogen-bond acceptors (Lipinski definition) is 6. The number of benzene rings is 2. The number of nitrogens with zero attached hydrogens (tertiary/aromatic N) is 1. The van der Waals surface area contributed by atoms with Gasteiger partial charge in [0.25, 0.3) is 0 Å². The summed E-state index contributed by atoms with van der Waals surface area (Å²) in [7, 11) is 4.77. The summed E-state index contributed by atoms with van der Waals surface area (Å²) >= 11 is 0. The highest BCUT2D eigenvalue weighted by atomic mass is 16.5. The third kappa shape index (κ3) is 4.28. The molecule has 168 valence electrons. The first-order chi connectivity index (χ1) is 15.5. The molecule has 0 unspecified atom stereocenters. The van der Waals surface area contributed by atoms with E-state index in [-0.39, 0.29) is 11.7 Å². The molecule has 2 heterocycles. The number of hydrogen-bond donors (Lipinski definition) is 0. The van der Waals surface area contributed by atoms with Gasteiger partial charge in [-0.15, -0.1) is 0 Å². The molecule has 0 radical (unpaired) electrons. The van der Waals surface area contributed by atoms with Gasteiger partial charge < -0.3 is 23.8 Å². The van der Waals surface area contributed by atoms with Gasteiger partial charge in [0.1, 0.15) is 28.6 Å². The molecule has 4 rings (SSSR count). The standard InChI is InChI=1S/C25H27NO6/c1-29-18-6-8-22(31-3)17(14-18)4-9-24(28)26-12-10-25(11-13-26)16-21(27)20-7-5-19(30-2)15-23(20)32-25/h4-9,14-15H,10-13,16H2,1-3H3/b9-4+. The highest BCUT2D eigenvalue weighted by Gasteiger charge is 2.43. The second-order valence-corrected chi connectivity index (χ2v) is 8.01. The summed E-state index contributed by atoms with van der Waals surface area (Å²) in [6, 6.07) is 10.7. The van der Waals surface area contributed by atoms with Crippen LogP contribution in [0.3, 0.4) is 0 Å². The van der Waals surface area contributed by atoms with Gasteiger partial charge in [-0.2, -0.15) is 0 Å². The van der Waals surface area contributed by atoms with E-state index in [9.17, 15) is 9.59 Å². The van der Waals surface area contributed by atoms with Gasteiger partial charge in [0.05, 0.1) is 33.3 Å². The molecule has 1 amide bonds. The summed E-state index contributed by atoms with van der Waals surface area (Å²) in [5.74, 6) is 2.54. The van der Waals surface area contributed by atoms with Crippen LogP contribution in [0.5, 0.6) is 23.0 Å². The topological polar surface area (TPSA) is 74.3 Å². The Morgan fingerprint density at radius 3 is 2.38 bits per heavy atom. The zero-order valence-electron chi connectivity index (χ0n) is 18.6. The van der Waals surface area contributed by atoms with Crippen LogP contribution in [0.2, 0.25) is 0 Å². The molecule has 1 saturated heterocycles. The Morgan fingerprint density at radius 2 is 1.69 bits per heavy atom. The molecule has 0 aromatic heterocycles. The predicted molar refractivity (Wildman–Crippen MR) is 120 cm³/mol. The molecule has 2 aliphatic rings. The van der Waals surface area contributed by atoms with Crippen molar-refractivity contribution in [2.75, 3.05) is 34.4 Å². The first kappa shape index (κ1) is 21.7. The van der Waals surface area contributed by atoms with Crippen molar-refractivity contribution in [3.8, 4) is 23.0 Å². The van der Waals surface area contributed by atoms with Crippen molar-refractivity contribution in [2.45, 2.75) is 24.9 Å². The molecule has 7 heteroatoms. The van der Waals surface area contributed by atoms with Crippen molar-refractivity contribution in [1.82, 2.24) is 4.90 Å². The molecule has 0 bridgehead atoms. The molecule has 0 N–H and O–H groups in total. The predicted octanol–water partition coefficient (Wildman–Crippen LogP) is 3.75. The van der Waals surface area contributed by atoms with Crippen molar-refractivity contribution in [3.05, 3.63) is 53.6 Å². The molecule has 2 aromatic carbocycles. The minimum atomic E-state index is -0.576. The van der Waals surface area contributed by atoms with Crippen molar-refractivity contribution in [2.24, 2.45) is 0 Å². The summed E-state index contributed by atoms with van der Waals surface area (Å²) in [5.41, 5.74) is 0.776. The Morgan fingerprint density at radius 1 is 1.00 bits per heavy atom. The molecule has 7 nitrogen and oxygen atoms in total. The van der Waals surface area contributed by atoms with Crippen LogP contribution in [0.25, 0.3) is 6.08 Å². The summed E-state index contributed by atoms with van der Waals surface area (Å²) < 4.78 is 22.2. The number of likely N-dealkylation sites (tertiary alicyclic amines) is 1. The smallest absolute Gasteiger partial charge is 0.246 e. The summed E-state index contributed by atoms with van der Waals surface area (Å²) in [4.78, 5) is 27.3. The number of ether oxygens (including phenoxy) is 4. The highest BCUT2D eigenvalue weighted by molar-refractivity contribution is 6.00. The van der Waals surface area contributed by atoms with Gasteiger partial charge in [-0.25, -0.2) is 0 Å². The Hall–Kier alpha value is -3.48. The number of rotatable bonds is 5. The Bertz CT molecular complexity index is 1050. The van der Waals surface area contributed by atoms with E-state index >= 15 is 0 Å². The van der Waals surface area contributed by atoms with Crippen molar-refractivity contribution < 1.29 is 28.5 Å². The maximum absolute atomic E-state index is 12.8. The average molecular weight is 437 g/mol. The Balaban J connectivity index is 1.43. The lowest BCUT2D eigenvalue weighted by molar-refractivity contribution is -0.129. The minimum absolute atomic E-state index is 0.0682. The third-order valence-corrected chi connectivity index (χ3v) is 6.13. The van der Waals surface area contributed by atoms with Gasteiger partial charge in [-0.3, -0.25) is 9.59 Å². The summed E-state index contributed by atoms with van der Waals surface area (Å²) in [5, 5.41) is 0. The van der Waals surface area contributed by atoms with Crippen molar-refractivity contribution in [3.63, 3.8) is 0 Å². The number of carbonyl (C=O) groups is 2. The molecule has 0 atom stereocenters. The van der Waals surface area contributed by atoms with E-state index in [4.69, 9.17) is 18.9 Å². The maximum atomic E-state index is 12.8. The molecule has 1 fully saturated rings. The van der Waals surface area contributed by atoms with Gasteiger partial charge in [0, 0.05) is 43.6 Å². The maximum Gasteiger partial charge on any atom is 0.246 e. The first-order valence-corrected chi connectivity index (χ1v) is 10.6. The van der Waals surface area contributed by atoms with Crippen LogP contribution >= 0.6 is 0 Å². The van der Waals surface area contributed by atoms with Gasteiger partial charge in [0.2, 0.25) is 5.91 Å². The molecular weight excluding hydrogens is 410 g/mol. The Labute approximate surface area is 187 Å². The van der Waals surface area contributed by atoms with Crippen LogP contribution in [-0.4, -0.2) is 56.6 Å². The van der Waals surface area contributed by atoms with E-state index in [1.807, 2.05) is 6.07 Å². The zero-order valence-corrected chi connectivity index (χ0v) is 18.6. The molecule has 0 aliphatic carbocycles. The number of fused-ring (bicyclic) bond motifs is 1. The molecule has 32 heavy (non-hydrogen) atoms. The Kier molecular flexibility index (Phi) is 6.08. The van der Waals surface area contributed by atoms with E-state index in [1.54, 1.807) is 68.7 Å². The lowest BCUT2D eigenvalue weighted by atomic mass is 9.82. The van der Waals surface area contributed by atoms with Gasteiger partial charge in [-0.05, 0) is 36.4 Å². The van der Waals surface area contributed by atoms with Crippen LogP contribution in [0.15, 0.2) is 42.5 Å². The quantitative estimate of drug-likeness (QED) is 0.664. The number of amides is 1. The van der Waals surface area contributed by atoms with Gasteiger partial charge >= 0.3 is 0 Å². The van der Waals surface area contributed by atoms with Crippen LogP contribution in [0.1, 0.15) is 35.2 Å². The number of carbonyl (C=O) groups excluding carboxylic acids is 2. The average Bonchev–Trinajstić information content (AvgIpc) is 2.82. The summed E-state index contributed by atoms with van der Waals surface area (Å²) in [6.45, 7) is 1.04. The molecule has 0 saturated carbocycles. The molecule has 2 aromatic rings. The minimum Gasteiger partial charge on any atom is -0.497 e. The monoisotopic (exact) mass is 437 g/mol. The van der Waals surface area contributed by atoms with E-state index in [1.165, 1.54) is 0 Å². The van der Waals surface area contributed by atoms with Crippen molar-refractivity contribution >= 4 is 17.8 Å². The first-order valence-electron chi connectivity index (χ1n) is 10.6. The van der Waals surface area contributed by atoms with E-state index in [2.05, 4.69) is 0 Å². The lowest BCUT2D eigenvalue weighted by Crippen LogP contribution is -2.52. The fraction of sp³-hybridized carbons (Fsp3) is 0.360. The van der Waals surface area contributed by atoms with Crippen molar-refractivity contribution in [1.29, 1.82) is 0 Å². The zero-order chi connectivity index (χ0) is 22.7. The van der Waals surface area contributed by atoms with Crippen LogP contribution in [-0.2, 0) is 4.79 Å². The van der Waals surface area contributed by atoms with Crippen LogP contribution in [0.4, 0.5) is 0 Å². The number of Topliss-reactive ketones (excluding diaryl/α,β-unsaturated/α-hetero) is 1. The van der Waals surface area contributed by atoms with E-state index in [0.29, 0.717) is 60.9 Å². The van der Waals surface area contributed by atoms with E-state index in [0.717, 1.165) is 5.56 Å². The number of piperidine rings is 1. The van der Waals surface area contributed by atoms with Crippen LogP contribution in [0, 0.1) is 0 Å². The normalized spacial score (nSPS) is 17.1. The second kappa shape index (κ2) is 8.94. The van der Waals surface area contributed by atoms with Crippen LogP contribution < -0.4 is 18.9 Å². The number of ketones is 1. The van der Waals surface area contributed by atoms with Gasteiger partial charge in [0.15, 0.2) is 5.78 Å². The molecule has 1 spiro atoms. The van der Waals surface area contributed by atoms with E-state index < -0.39 is 5.60 Å². The largest absolute Gasteiger partial charge is 0.497 e. The highest BCUT2D eigenvalue weighted by Crippen LogP contribution is 2.40. The SMILES string of the molecule is COc1ccc(OC)c(/C=C/C(=O)N2CCC3(CC2)CC(=O)c2ccc(OC)cc2O3)c1. The number of methoxy groups -OCH3 is 3. The fourth-order valence-electron chi connectivity index (χ4n) is 4.25. The molecule has 2 aliphatic heterocycles. The fourth-order valence-corrected chi connectivity index (χ4v) is 4.25. The lowest BCUT2D eigenvalue weighted by Gasteiger charge is -2.43. The summed E-state index contributed by atoms with van der Waals surface area (Å²) in [6.07, 6.45) is 4.79. The second-order valence-electron chi connectivity index (χ2n) is 8.01. The van der Waals surface area contributed by atoms with Gasteiger partial charge in [-0.1, -0.05) is 0 Å². The molecular formula is C25H27NO6.